The number of hydrogen-bond acceptors (Lipinski definition) is 3. The maximum absolute atomic E-state index is 8.88. The molecule has 1 aliphatic heterocycles. The fourth-order valence-corrected chi connectivity index (χ4v) is 2.96. The van der Waals surface area contributed by atoms with E-state index in [0.29, 0.717) is 6.61 Å². The van der Waals surface area contributed by atoms with Crippen LogP contribution in [0.1, 0.15) is 18.4 Å². The van der Waals surface area contributed by atoms with Crippen molar-refractivity contribution in [3.63, 3.8) is 0 Å². The molecule has 0 spiro atoms. The van der Waals surface area contributed by atoms with E-state index in [1.54, 1.807) is 11.3 Å². The van der Waals surface area contributed by atoms with Gasteiger partial charge in [-0.3, -0.25) is 0 Å². The van der Waals surface area contributed by atoms with E-state index in [1.807, 2.05) is 0 Å². The van der Waals surface area contributed by atoms with Gasteiger partial charge in [0.15, 0.2) is 0 Å². The lowest BCUT2D eigenvalue weighted by Gasteiger charge is -2.15. The van der Waals surface area contributed by atoms with E-state index in [2.05, 4.69) is 21.7 Å². The first-order valence-corrected chi connectivity index (χ1v) is 6.67. The van der Waals surface area contributed by atoms with Crippen LogP contribution in [0.4, 0.5) is 0 Å². The van der Waals surface area contributed by atoms with Gasteiger partial charge in [-0.15, -0.1) is 0 Å². The van der Waals surface area contributed by atoms with E-state index in [-0.39, 0.29) is 0 Å². The van der Waals surface area contributed by atoms with Crippen molar-refractivity contribution in [3.05, 3.63) is 22.4 Å². The molecule has 1 saturated heterocycles. The van der Waals surface area contributed by atoms with Crippen LogP contribution < -0.4 is 0 Å². The molecule has 1 N–H and O–H groups in total. The molecular formula is C12H19NOS. The second-order valence-electron chi connectivity index (χ2n) is 4.35. The zero-order valence-electron chi connectivity index (χ0n) is 9.06. The second-order valence-corrected chi connectivity index (χ2v) is 5.13. The molecule has 1 unspecified atom stereocenters. The summed E-state index contributed by atoms with van der Waals surface area (Å²) in [6, 6.07) is 2.21. The highest BCUT2D eigenvalue weighted by Gasteiger charge is 2.21. The lowest BCUT2D eigenvalue weighted by atomic mass is 10.1. The zero-order chi connectivity index (χ0) is 10.5. The van der Waals surface area contributed by atoms with Gasteiger partial charge >= 0.3 is 0 Å². The van der Waals surface area contributed by atoms with Crippen molar-refractivity contribution in [2.24, 2.45) is 5.92 Å². The van der Waals surface area contributed by atoms with Gasteiger partial charge < -0.3 is 10.0 Å². The fraction of sp³-hybridized carbons (Fsp3) is 0.667. The average molecular weight is 225 g/mol. The van der Waals surface area contributed by atoms with E-state index >= 15 is 0 Å². The molecule has 1 aromatic rings. The van der Waals surface area contributed by atoms with Crippen LogP contribution in [0, 0.1) is 5.92 Å². The molecule has 3 heteroatoms. The number of nitrogens with zero attached hydrogens (tertiary/aromatic N) is 1. The third kappa shape index (κ3) is 3.30. The maximum atomic E-state index is 8.88. The summed E-state index contributed by atoms with van der Waals surface area (Å²) in [6.07, 6.45) is 3.43. The largest absolute Gasteiger partial charge is 0.396 e. The average Bonchev–Trinajstić information content (AvgIpc) is 2.85. The van der Waals surface area contributed by atoms with Gasteiger partial charge in [0, 0.05) is 19.7 Å². The number of aliphatic hydroxyl groups is 1. The van der Waals surface area contributed by atoms with Crippen LogP contribution in [0.5, 0.6) is 0 Å². The van der Waals surface area contributed by atoms with Crippen LogP contribution in [0.3, 0.4) is 0 Å². The van der Waals surface area contributed by atoms with E-state index < -0.39 is 0 Å². The molecule has 0 saturated carbocycles. The Bertz CT molecular complexity index is 273. The van der Waals surface area contributed by atoms with Crippen molar-refractivity contribution < 1.29 is 5.11 Å². The van der Waals surface area contributed by atoms with Gasteiger partial charge in [-0.1, -0.05) is 0 Å². The van der Waals surface area contributed by atoms with Crippen LogP contribution in [-0.2, 0) is 6.42 Å². The lowest BCUT2D eigenvalue weighted by Crippen LogP contribution is -2.23. The zero-order valence-corrected chi connectivity index (χ0v) is 9.88. The summed E-state index contributed by atoms with van der Waals surface area (Å²) in [5.74, 6) is 0.734. The molecule has 0 aromatic carbocycles. The predicted molar refractivity (Wildman–Crippen MR) is 64.3 cm³/mol. The summed E-state index contributed by atoms with van der Waals surface area (Å²) in [4.78, 5) is 2.53. The van der Waals surface area contributed by atoms with Gasteiger partial charge in [0.25, 0.3) is 0 Å². The predicted octanol–water partition coefficient (Wildman–Crippen LogP) is 1.99. The Labute approximate surface area is 95.5 Å². The molecule has 1 atom stereocenters. The van der Waals surface area contributed by atoms with Gasteiger partial charge in [-0.05, 0) is 54.1 Å². The third-order valence-electron chi connectivity index (χ3n) is 3.20. The monoisotopic (exact) mass is 225 g/mol. The number of likely N-dealkylation sites (tertiary alicyclic amines) is 1. The van der Waals surface area contributed by atoms with Gasteiger partial charge in [0.1, 0.15) is 0 Å². The number of aliphatic hydroxyl groups excluding tert-OH is 1. The van der Waals surface area contributed by atoms with E-state index in [9.17, 15) is 0 Å². The van der Waals surface area contributed by atoms with Gasteiger partial charge in [-0.2, -0.15) is 11.3 Å². The molecule has 84 valence electrons. The highest BCUT2D eigenvalue weighted by Crippen LogP contribution is 2.19. The quantitative estimate of drug-likeness (QED) is 0.828. The molecule has 0 bridgehead atoms. The molecule has 1 fully saturated rings. The van der Waals surface area contributed by atoms with E-state index in [0.717, 1.165) is 12.3 Å². The number of hydrogen-bond donors (Lipinski definition) is 1. The summed E-state index contributed by atoms with van der Waals surface area (Å²) in [5.41, 5.74) is 1.46. The molecular weight excluding hydrogens is 206 g/mol. The first-order chi connectivity index (χ1) is 7.38. The van der Waals surface area contributed by atoms with Crippen LogP contribution >= 0.6 is 11.3 Å². The van der Waals surface area contributed by atoms with Crippen LogP contribution in [0.15, 0.2) is 16.8 Å². The molecule has 2 heterocycles. The van der Waals surface area contributed by atoms with Crippen LogP contribution in [-0.4, -0.2) is 36.2 Å². The van der Waals surface area contributed by atoms with Crippen LogP contribution in [0.2, 0.25) is 0 Å². The van der Waals surface area contributed by atoms with Gasteiger partial charge in [0.2, 0.25) is 0 Å². The van der Waals surface area contributed by atoms with Crippen molar-refractivity contribution in [3.8, 4) is 0 Å². The fourth-order valence-electron chi connectivity index (χ4n) is 2.26. The Morgan fingerprint density at radius 1 is 1.53 bits per heavy atom. The molecule has 1 aromatic heterocycles. The SMILES string of the molecule is OCCC1CCN(CCc2ccsc2)C1. The topological polar surface area (TPSA) is 23.5 Å². The summed E-state index contributed by atoms with van der Waals surface area (Å²) >= 11 is 1.78. The molecule has 1 aliphatic rings. The standard InChI is InChI=1S/C12H19NOS/c14-7-3-11-1-5-13(9-11)6-2-12-4-8-15-10-12/h4,8,10-11,14H,1-3,5-7,9H2. The minimum Gasteiger partial charge on any atom is -0.396 e. The third-order valence-corrected chi connectivity index (χ3v) is 3.94. The molecule has 15 heavy (non-hydrogen) atoms. The molecule has 0 aliphatic carbocycles. The highest BCUT2D eigenvalue weighted by atomic mass is 32.1. The Morgan fingerprint density at radius 3 is 3.20 bits per heavy atom. The van der Waals surface area contributed by atoms with Crippen molar-refractivity contribution in [1.29, 1.82) is 0 Å². The Morgan fingerprint density at radius 2 is 2.47 bits per heavy atom. The second kappa shape index (κ2) is 5.64. The van der Waals surface area contributed by atoms with E-state index in [4.69, 9.17) is 5.11 Å². The summed E-state index contributed by atoms with van der Waals surface area (Å²) in [6.45, 7) is 3.93. The number of rotatable bonds is 5. The maximum Gasteiger partial charge on any atom is 0.0434 e. The molecule has 0 amide bonds. The minimum atomic E-state index is 0.350. The van der Waals surface area contributed by atoms with Crippen molar-refractivity contribution in [1.82, 2.24) is 4.90 Å². The highest BCUT2D eigenvalue weighted by molar-refractivity contribution is 7.07. The Hall–Kier alpha value is -0.380. The summed E-state index contributed by atoms with van der Waals surface area (Å²) < 4.78 is 0. The van der Waals surface area contributed by atoms with E-state index in [1.165, 1.54) is 38.0 Å². The molecule has 2 rings (SSSR count). The minimum absolute atomic E-state index is 0.350. The van der Waals surface area contributed by atoms with Gasteiger partial charge in [-0.25, -0.2) is 0 Å². The van der Waals surface area contributed by atoms with Gasteiger partial charge in [0.05, 0.1) is 0 Å². The van der Waals surface area contributed by atoms with Crippen molar-refractivity contribution in [2.75, 3.05) is 26.2 Å². The van der Waals surface area contributed by atoms with Crippen LogP contribution in [0.25, 0.3) is 0 Å². The summed E-state index contributed by atoms with van der Waals surface area (Å²) in [5, 5.41) is 13.3. The lowest BCUT2D eigenvalue weighted by molar-refractivity contribution is 0.251. The molecule has 0 radical (unpaired) electrons. The first-order valence-electron chi connectivity index (χ1n) is 5.73. The van der Waals surface area contributed by atoms with Crippen molar-refractivity contribution in [2.45, 2.75) is 19.3 Å². The smallest absolute Gasteiger partial charge is 0.0434 e. The first kappa shape index (κ1) is 11.1. The Kier molecular flexibility index (Phi) is 4.18. The molecule has 2 nitrogen and oxygen atoms in total. The summed E-state index contributed by atoms with van der Waals surface area (Å²) in [7, 11) is 0. The normalized spacial score (nSPS) is 22.3. The Balaban J connectivity index is 1.69. The van der Waals surface area contributed by atoms with Crippen molar-refractivity contribution >= 4 is 11.3 Å². The number of thiophene rings is 1.